The molecular weight excluding hydrogens is 338 g/mol. The molecule has 5 heteroatoms. The molecule has 2 rings (SSSR count). The quantitative estimate of drug-likeness (QED) is 0.694. The maximum absolute atomic E-state index is 12.7. The van der Waals surface area contributed by atoms with Crippen LogP contribution in [0.4, 0.5) is 11.4 Å². The highest BCUT2D eigenvalue weighted by molar-refractivity contribution is 5.97. The van der Waals surface area contributed by atoms with Crippen molar-refractivity contribution >= 4 is 23.2 Å². The molecule has 5 nitrogen and oxygen atoms in total. The van der Waals surface area contributed by atoms with Crippen LogP contribution in [-0.4, -0.2) is 49.4 Å². The average Bonchev–Trinajstić information content (AvgIpc) is 2.66. The summed E-state index contributed by atoms with van der Waals surface area (Å²) in [5.41, 5.74) is 1.98. The van der Waals surface area contributed by atoms with E-state index in [1.807, 2.05) is 17.0 Å². The minimum atomic E-state index is -0.101. The van der Waals surface area contributed by atoms with Crippen molar-refractivity contribution in [2.45, 2.75) is 53.4 Å². The van der Waals surface area contributed by atoms with Crippen LogP contribution >= 0.6 is 0 Å². The minimum Gasteiger partial charge on any atom is -0.372 e. The van der Waals surface area contributed by atoms with Crippen molar-refractivity contribution in [1.82, 2.24) is 4.90 Å². The van der Waals surface area contributed by atoms with Crippen LogP contribution in [0.5, 0.6) is 0 Å². The van der Waals surface area contributed by atoms with Gasteiger partial charge in [0.15, 0.2) is 0 Å². The minimum absolute atomic E-state index is 0.0167. The van der Waals surface area contributed by atoms with E-state index in [1.165, 1.54) is 25.5 Å². The van der Waals surface area contributed by atoms with Crippen LogP contribution in [0.25, 0.3) is 0 Å². The smallest absolute Gasteiger partial charge is 0.242 e. The molecular formula is C22H35N3O2. The van der Waals surface area contributed by atoms with E-state index in [-0.39, 0.29) is 18.4 Å². The van der Waals surface area contributed by atoms with Crippen LogP contribution in [0, 0.1) is 5.92 Å². The number of carbonyl (C=O) groups excluding carboxylic acids is 2. The van der Waals surface area contributed by atoms with Crippen LogP contribution in [0.15, 0.2) is 24.3 Å². The molecule has 2 amide bonds. The van der Waals surface area contributed by atoms with E-state index in [4.69, 9.17) is 0 Å². The van der Waals surface area contributed by atoms with Gasteiger partial charge in [-0.05, 0) is 55.9 Å². The molecule has 0 aromatic heterocycles. The predicted molar refractivity (Wildman–Crippen MR) is 112 cm³/mol. The number of benzene rings is 1. The lowest BCUT2D eigenvalue weighted by Crippen LogP contribution is -2.43. The Balaban J connectivity index is 2.07. The van der Waals surface area contributed by atoms with Crippen molar-refractivity contribution in [2.75, 3.05) is 42.5 Å². The number of anilines is 2. The molecule has 0 N–H and O–H groups in total. The van der Waals surface area contributed by atoms with Crippen molar-refractivity contribution in [3.8, 4) is 0 Å². The zero-order valence-corrected chi connectivity index (χ0v) is 17.4. The van der Waals surface area contributed by atoms with Gasteiger partial charge in [0.2, 0.25) is 11.8 Å². The molecule has 0 aliphatic carbocycles. The summed E-state index contributed by atoms with van der Waals surface area (Å²) in [4.78, 5) is 30.7. The third-order valence-corrected chi connectivity index (χ3v) is 5.32. The Hall–Kier alpha value is -2.04. The molecule has 0 saturated carbocycles. The van der Waals surface area contributed by atoms with E-state index in [0.29, 0.717) is 0 Å². The summed E-state index contributed by atoms with van der Waals surface area (Å²) in [7, 11) is 0. The molecule has 1 aromatic carbocycles. The summed E-state index contributed by atoms with van der Waals surface area (Å²) in [6, 6.07) is 8.07. The lowest BCUT2D eigenvalue weighted by Gasteiger charge is -2.32. The van der Waals surface area contributed by atoms with Crippen LogP contribution in [0.3, 0.4) is 0 Å². The molecule has 0 bridgehead atoms. The summed E-state index contributed by atoms with van der Waals surface area (Å²) in [6.45, 7) is 11.7. The largest absolute Gasteiger partial charge is 0.372 e. The summed E-state index contributed by atoms with van der Waals surface area (Å²) >= 11 is 0. The second kappa shape index (κ2) is 10.3. The molecule has 150 valence electrons. The maximum atomic E-state index is 12.7. The van der Waals surface area contributed by atoms with Gasteiger partial charge in [-0.25, -0.2) is 0 Å². The first kappa shape index (κ1) is 21.3. The van der Waals surface area contributed by atoms with E-state index in [0.717, 1.165) is 50.6 Å². The van der Waals surface area contributed by atoms with Crippen LogP contribution in [0.1, 0.15) is 53.4 Å². The van der Waals surface area contributed by atoms with Gasteiger partial charge in [0.05, 0.1) is 0 Å². The Bertz CT molecular complexity index is 600. The Morgan fingerprint density at radius 3 is 2.07 bits per heavy atom. The predicted octanol–water partition coefficient (Wildman–Crippen LogP) is 3.92. The van der Waals surface area contributed by atoms with Crippen molar-refractivity contribution in [3.05, 3.63) is 24.3 Å². The number of carbonyl (C=O) groups is 2. The number of amides is 2. The number of nitrogens with zero attached hydrogens (tertiary/aromatic N) is 3. The van der Waals surface area contributed by atoms with E-state index >= 15 is 0 Å². The zero-order chi connectivity index (χ0) is 19.8. The highest BCUT2D eigenvalue weighted by atomic mass is 16.2. The fourth-order valence-corrected chi connectivity index (χ4v) is 3.63. The Morgan fingerprint density at radius 2 is 1.59 bits per heavy atom. The zero-order valence-electron chi connectivity index (χ0n) is 17.4. The lowest BCUT2D eigenvalue weighted by molar-refractivity contribution is -0.131. The summed E-state index contributed by atoms with van der Waals surface area (Å²) in [5, 5.41) is 0. The van der Waals surface area contributed by atoms with Gasteiger partial charge in [-0.1, -0.05) is 20.8 Å². The van der Waals surface area contributed by atoms with Gasteiger partial charge < -0.3 is 14.7 Å². The standard InChI is InChI=1S/C22H35N3O2/c1-5-13-24(14-6-2)22(27)17-25(19(4)26)21-9-7-20(8-10-21)23-15-11-18(3)12-16-23/h7-10,18H,5-6,11-17H2,1-4H3. The molecule has 0 unspecified atom stereocenters. The van der Waals surface area contributed by atoms with Gasteiger partial charge in [-0.3, -0.25) is 9.59 Å². The monoisotopic (exact) mass is 373 g/mol. The molecule has 0 atom stereocenters. The molecule has 27 heavy (non-hydrogen) atoms. The van der Waals surface area contributed by atoms with E-state index in [1.54, 1.807) is 4.90 Å². The highest BCUT2D eigenvalue weighted by Gasteiger charge is 2.21. The molecule has 1 aliphatic heterocycles. The van der Waals surface area contributed by atoms with Crippen LogP contribution in [0.2, 0.25) is 0 Å². The molecule has 1 aliphatic rings. The number of rotatable bonds is 8. The fraction of sp³-hybridized carbons (Fsp3) is 0.636. The normalized spacial score (nSPS) is 14.9. The average molecular weight is 374 g/mol. The van der Waals surface area contributed by atoms with Crippen molar-refractivity contribution in [1.29, 1.82) is 0 Å². The maximum Gasteiger partial charge on any atom is 0.242 e. The molecule has 0 spiro atoms. The van der Waals surface area contributed by atoms with Gasteiger partial charge in [-0.2, -0.15) is 0 Å². The number of hydrogen-bond acceptors (Lipinski definition) is 3. The Morgan fingerprint density at radius 1 is 1.04 bits per heavy atom. The van der Waals surface area contributed by atoms with Gasteiger partial charge in [0.1, 0.15) is 6.54 Å². The summed E-state index contributed by atoms with van der Waals surface area (Å²) in [5.74, 6) is 0.716. The molecule has 1 heterocycles. The third kappa shape index (κ3) is 5.98. The molecule has 1 fully saturated rings. The van der Waals surface area contributed by atoms with Crippen LogP contribution < -0.4 is 9.80 Å². The van der Waals surface area contributed by atoms with E-state index in [9.17, 15) is 9.59 Å². The lowest BCUT2D eigenvalue weighted by atomic mass is 9.99. The molecule has 0 radical (unpaired) electrons. The topological polar surface area (TPSA) is 43.9 Å². The van der Waals surface area contributed by atoms with E-state index in [2.05, 4.69) is 37.8 Å². The van der Waals surface area contributed by atoms with Gasteiger partial charge in [0.25, 0.3) is 0 Å². The first-order chi connectivity index (χ1) is 13.0. The van der Waals surface area contributed by atoms with E-state index < -0.39 is 0 Å². The summed E-state index contributed by atoms with van der Waals surface area (Å²) < 4.78 is 0. The third-order valence-electron chi connectivity index (χ3n) is 5.32. The fourth-order valence-electron chi connectivity index (χ4n) is 3.63. The number of hydrogen-bond donors (Lipinski definition) is 0. The summed E-state index contributed by atoms with van der Waals surface area (Å²) in [6.07, 6.45) is 4.30. The van der Waals surface area contributed by atoms with Crippen molar-refractivity contribution < 1.29 is 9.59 Å². The first-order valence-electron chi connectivity index (χ1n) is 10.4. The van der Waals surface area contributed by atoms with Gasteiger partial charge in [0, 0.05) is 44.5 Å². The SMILES string of the molecule is CCCN(CCC)C(=O)CN(C(C)=O)c1ccc(N2CCC(C)CC2)cc1. The second-order valence-corrected chi connectivity index (χ2v) is 7.67. The molecule has 1 aromatic rings. The number of piperidine rings is 1. The van der Waals surface area contributed by atoms with Crippen LogP contribution in [-0.2, 0) is 9.59 Å². The Labute approximate surface area is 164 Å². The van der Waals surface area contributed by atoms with Gasteiger partial charge in [-0.15, -0.1) is 0 Å². The Kier molecular flexibility index (Phi) is 8.14. The first-order valence-corrected chi connectivity index (χ1v) is 10.4. The van der Waals surface area contributed by atoms with Crippen molar-refractivity contribution in [2.24, 2.45) is 5.92 Å². The van der Waals surface area contributed by atoms with Gasteiger partial charge >= 0.3 is 0 Å². The van der Waals surface area contributed by atoms with Crippen molar-refractivity contribution in [3.63, 3.8) is 0 Å². The molecule has 1 saturated heterocycles. The second-order valence-electron chi connectivity index (χ2n) is 7.67. The highest BCUT2D eigenvalue weighted by Crippen LogP contribution is 2.25.